The van der Waals surface area contributed by atoms with Crippen LogP contribution in [0.4, 0.5) is 5.69 Å². The first-order chi connectivity index (χ1) is 7.84. The number of anilines is 1. The average Bonchev–Trinajstić information content (AvgIpc) is 2.31. The third kappa shape index (κ3) is 3.49. The maximum absolute atomic E-state index is 4.11. The maximum Gasteiger partial charge on any atom is 0.0528 e. The van der Waals surface area contributed by atoms with E-state index in [-0.39, 0.29) is 0 Å². The third-order valence-corrected chi connectivity index (χ3v) is 3.13. The molecule has 2 rings (SSSR count). The van der Waals surface area contributed by atoms with Gasteiger partial charge in [-0.2, -0.15) is 0 Å². The van der Waals surface area contributed by atoms with Gasteiger partial charge < -0.3 is 10.6 Å². The zero-order valence-corrected chi connectivity index (χ0v) is 9.95. The molecule has 0 aliphatic carbocycles. The van der Waals surface area contributed by atoms with Crippen LogP contribution in [0.15, 0.2) is 24.5 Å². The van der Waals surface area contributed by atoms with Gasteiger partial charge in [0.1, 0.15) is 0 Å². The second kappa shape index (κ2) is 5.85. The monoisotopic (exact) mass is 219 g/mol. The lowest BCUT2D eigenvalue weighted by atomic mass is 9.99. The SMILES string of the molecule is CC(CC1CCCCN1)Nc1cccnc1. The van der Waals surface area contributed by atoms with Crippen molar-refractivity contribution in [1.29, 1.82) is 0 Å². The fraction of sp³-hybridized carbons (Fsp3) is 0.615. The van der Waals surface area contributed by atoms with Crippen LogP contribution >= 0.6 is 0 Å². The molecule has 0 amide bonds. The Balaban J connectivity index is 1.77. The molecule has 0 spiro atoms. The molecule has 1 fully saturated rings. The summed E-state index contributed by atoms with van der Waals surface area (Å²) in [6.45, 7) is 3.42. The number of nitrogens with zero attached hydrogens (tertiary/aromatic N) is 1. The Kier molecular flexibility index (Phi) is 4.17. The smallest absolute Gasteiger partial charge is 0.0528 e. The summed E-state index contributed by atoms with van der Waals surface area (Å²) in [5, 5.41) is 7.07. The van der Waals surface area contributed by atoms with Crippen LogP contribution in [0.1, 0.15) is 32.6 Å². The molecule has 0 saturated carbocycles. The lowest BCUT2D eigenvalue weighted by Gasteiger charge is -2.26. The highest BCUT2D eigenvalue weighted by Crippen LogP contribution is 2.14. The van der Waals surface area contributed by atoms with Crippen molar-refractivity contribution < 1.29 is 0 Å². The summed E-state index contributed by atoms with van der Waals surface area (Å²) in [5.41, 5.74) is 1.12. The minimum atomic E-state index is 0.500. The van der Waals surface area contributed by atoms with Crippen molar-refractivity contribution in [2.75, 3.05) is 11.9 Å². The molecule has 1 aromatic heterocycles. The van der Waals surface area contributed by atoms with Gasteiger partial charge in [-0.3, -0.25) is 4.98 Å². The Bertz CT molecular complexity index is 293. The first kappa shape index (κ1) is 11.4. The Labute approximate surface area is 97.7 Å². The van der Waals surface area contributed by atoms with Gasteiger partial charge in [-0.1, -0.05) is 6.42 Å². The highest BCUT2D eigenvalue weighted by molar-refractivity contribution is 5.40. The van der Waals surface area contributed by atoms with Crippen molar-refractivity contribution >= 4 is 5.69 Å². The van der Waals surface area contributed by atoms with E-state index < -0.39 is 0 Å². The van der Waals surface area contributed by atoms with E-state index in [1.165, 1.54) is 32.2 Å². The van der Waals surface area contributed by atoms with E-state index in [9.17, 15) is 0 Å². The predicted octanol–water partition coefficient (Wildman–Crippen LogP) is 2.41. The Hall–Kier alpha value is -1.09. The molecule has 0 aromatic carbocycles. The first-order valence-corrected chi connectivity index (χ1v) is 6.24. The van der Waals surface area contributed by atoms with Gasteiger partial charge in [0.15, 0.2) is 0 Å². The van der Waals surface area contributed by atoms with Gasteiger partial charge in [0.2, 0.25) is 0 Å². The minimum absolute atomic E-state index is 0.500. The fourth-order valence-electron chi connectivity index (χ4n) is 2.34. The largest absolute Gasteiger partial charge is 0.381 e. The number of aromatic nitrogens is 1. The molecule has 2 heterocycles. The second-order valence-electron chi connectivity index (χ2n) is 4.67. The Morgan fingerprint density at radius 1 is 1.56 bits per heavy atom. The number of pyridine rings is 1. The third-order valence-electron chi connectivity index (χ3n) is 3.13. The zero-order valence-electron chi connectivity index (χ0n) is 9.95. The second-order valence-corrected chi connectivity index (χ2v) is 4.67. The molecular formula is C13H21N3. The summed E-state index contributed by atoms with van der Waals surface area (Å²) in [7, 11) is 0. The molecule has 88 valence electrons. The number of piperidine rings is 1. The lowest BCUT2D eigenvalue weighted by molar-refractivity contribution is 0.371. The molecule has 0 radical (unpaired) electrons. The van der Waals surface area contributed by atoms with E-state index in [0.29, 0.717) is 12.1 Å². The van der Waals surface area contributed by atoms with Crippen LogP contribution in [0, 0.1) is 0 Å². The summed E-state index contributed by atoms with van der Waals surface area (Å²) in [4.78, 5) is 4.11. The molecule has 1 saturated heterocycles. The van der Waals surface area contributed by atoms with Gasteiger partial charge in [-0.05, 0) is 44.9 Å². The number of nitrogens with one attached hydrogen (secondary N) is 2. The molecule has 2 atom stereocenters. The van der Waals surface area contributed by atoms with Crippen LogP contribution in [0.2, 0.25) is 0 Å². The first-order valence-electron chi connectivity index (χ1n) is 6.24. The standard InChI is InChI=1S/C13H21N3/c1-11(9-12-5-2-3-8-15-12)16-13-6-4-7-14-10-13/h4,6-7,10-12,15-16H,2-3,5,8-9H2,1H3. The van der Waals surface area contributed by atoms with E-state index >= 15 is 0 Å². The molecule has 16 heavy (non-hydrogen) atoms. The highest BCUT2D eigenvalue weighted by atomic mass is 15.0. The zero-order chi connectivity index (χ0) is 11.2. The molecular weight excluding hydrogens is 198 g/mol. The van der Waals surface area contributed by atoms with Crippen molar-refractivity contribution in [2.45, 2.75) is 44.7 Å². The van der Waals surface area contributed by atoms with Gasteiger partial charge in [0, 0.05) is 24.5 Å². The van der Waals surface area contributed by atoms with E-state index in [1.807, 2.05) is 12.3 Å². The summed E-state index contributed by atoms with van der Waals surface area (Å²) >= 11 is 0. The molecule has 2 unspecified atom stereocenters. The molecule has 3 nitrogen and oxygen atoms in total. The molecule has 1 aromatic rings. The number of hydrogen-bond donors (Lipinski definition) is 2. The van der Waals surface area contributed by atoms with E-state index in [1.54, 1.807) is 6.20 Å². The van der Waals surface area contributed by atoms with E-state index in [0.717, 1.165) is 5.69 Å². The molecule has 0 bridgehead atoms. The quantitative estimate of drug-likeness (QED) is 0.816. The summed E-state index contributed by atoms with van der Waals surface area (Å²) < 4.78 is 0. The van der Waals surface area contributed by atoms with Crippen LogP contribution in [-0.2, 0) is 0 Å². The summed E-state index contributed by atoms with van der Waals surface area (Å²) in [6.07, 6.45) is 8.90. The molecule has 1 aliphatic heterocycles. The average molecular weight is 219 g/mol. The topological polar surface area (TPSA) is 37.0 Å². The van der Waals surface area contributed by atoms with Crippen molar-refractivity contribution in [2.24, 2.45) is 0 Å². The lowest BCUT2D eigenvalue weighted by Crippen LogP contribution is -2.37. The molecule has 2 N–H and O–H groups in total. The van der Waals surface area contributed by atoms with Crippen molar-refractivity contribution in [3.8, 4) is 0 Å². The fourth-order valence-corrected chi connectivity index (χ4v) is 2.34. The predicted molar refractivity (Wildman–Crippen MR) is 67.6 cm³/mol. The molecule has 1 aliphatic rings. The highest BCUT2D eigenvalue weighted by Gasteiger charge is 2.15. The van der Waals surface area contributed by atoms with E-state index in [2.05, 4.69) is 28.6 Å². The van der Waals surface area contributed by atoms with Crippen molar-refractivity contribution in [1.82, 2.24) is 10.3 Å². The van der Waals surface area contributed by atoms with E-state index in [4.69, 9.17) is 0 Å². The minimum Gasteiger partial charge on any atom is -0.381 e. The van der Waals surface area contributed by atoms with Crippen LogP contribution in [-0.4, -0.2) is 23.6 Å². The normalized spacial score (nSPS) is 22.7. The number of rotatable bonds is 4. The van der Waals surface area contributed by atoms with Gasteiger partial charge in [-0.15, -0.1) is 0 Å². The summed E-state index contributed by atoms with van der Waals surface area (Å²) in [5.74, 6) is 0. The van der Waals surface area contributed by atoms with Gasteiger partial charge in [0.25, 0.3) is 0 Å². The van der Waals surface area contributed by atoms with Crippen LogP contribution in [0.5, 0.6) is 0 Å². The maximum atomic E-state index is 4.11. The Morgan fingerprint density at radius 3 is 3.19 bits per heavy atom. The molecule has 3 heteroatoms. The van der Waals surface area contributed by atoms with Crippen LogP contribution in [0.3, 0.4) is 0 Å². The van der Waals surface area contributed by atoms with Crippen LogP contribution < -0.4 is 10.6 Å². The van der Waals surface area contributed by atoms with Gasteiger partial charge in [0.05, 0.1) is 5.69 Å². The van der Waals surface area contributed by atoms with Gasteiger partial charge >= 0.3 is 0 Å². The van der Waals surface area contributed by atoms with Gasteiger partial charge in [-0.25, -0.2) is 0 Å². The number of hydrogen-bond acceptors (Lipinski definition) is 3. The van der Waals surface area contributed by atoms with Crippen LogP contribution in [0.25, 0.3) is 0 Å². The summed E-state index contributed by atoms with van der Waals surface area (Å²) in [6, 6.07) is 5.22. The Morgan fingerprint density at radius 2 is 2.50 bits per heavy atom. The van der Waals surface area contributed by atoms with Crippen molar-refractivity contribution in [3.63, 3.8) is 0 Å². The van der Waals surface area contributed by atoms with Crippen molar-refractivity contribution in [3.05, 3.63) is 24.5 Å².